The highest BCUT2D eigenvalue weighted by Gasteiger charge is 1.77. The van der Waals surface area contributed by atoms with Gasteiger partial charge in [0.1, 0.15) is 0 Å². The van der Waals surface area contributed by atoms with Crippen molar-refractivity contribution < 1.29 is 4.74 Å². The summed E-state index contributed by atoms with van der Waals surface area (Å²) in [5.74, 6) is 0. The molecule has 0 aliphatic carbocycles. The quantitative estimate of drug-likeness (QED) is 0.542. The molecule has 0 amide bonds. The van der Waals surface area contributed by atoms with E-state index in [2.05, 4.69) is 6.58 Å². The summed E-state index contributed by atoms with van der Waals surface area (Å²) < 4.78 is 4.86. The van der Waals surface area contributed by atoms with Gasteiger partial charge in [0.2, 0.25) is 0 Å². The molecule has 0 saturated heterocycles. The number of hydrogen-bond acceptors (Lipinski definition) is 1. The summed E-state index contributed by atoms with van der Waals surface area (Å²) in [7, 11) is 1.68. The Kier molecular flexibility index (Phi) is 5.79. The first-order valence-corrected chi connectivity index (χ1v) is 3.26. The molecule has 0 aliphatic heterocycles. The molecule has 10 heavy (non-hydrogen) atoms. The zero-order valence-electron chi connectivity index (χ0n) is 6.63. The molecule has 0 atom stereocenters. The molecule has 0 rings (SSSR count). The van der Waals surface area contributed by atoms with E-state index in [0.29, 0.717) is 6.61 Å². The molecule has 0 spiro atoms. The molecule has 0 unspecified atom stereocenters. The Morgan fingerprint density at radius 3 is 2.80 bits per heavy atom. The summed E-state index contributed by atoms with van der Waals surface area (Å²) in [4.78, 5) is 0. The summed E-state index contributed by atoms with van der Waals surface area (Å²) in [6.45, 7) is 6.27. The normalized spacial score (nSPS) is 12.4. The first-order valence-electron chi connectivity index (χ1n) is 3.26. The number of allylic oxidation sites excluding steroid dienone is 4. The van der Waals surface area contributed by atoms with Crippen LogP contribution in [0.3, 0.4) is 0 Å². The lowest BCUT2D eigenvalue weighted by Crippen LogP contribution is -1.82. The number of rotatable bonds is 4. The first kappa shape index (κ1) is 9.18. The van der Waals surface area contributed by atoms with Crippen molar-refractivity contribution in [2.45, 2.75) is 6.92 Å². The van der Waals surface area contributed by atoms with Crippen molar-refractivity contribution in [3.63, 3.8) is 0 Å². The lowest BCUT2D eigenvalue weighted by atomic mass is 10.2. The zero-order valence-corrected chi connectivity index (χ0v) is 6.63. The van der Waals surface area contributed by atoms with Gasteiger partial charge in [-0.3, -0.25) is 0 Å². The fraction of sp³-hybridized carbons (Fsp3) is 0.333. The minimum Gasteiger partial charge on any atom is -0.381 e. The molecular weight excluding hydrogens is 124 g/mol. The van der Waals surface area contributed by atoms with Crippen LogP contribution in [0.25, 0.3) is 0 Å². The van der Waals surface area contributed by atoms with Gasteiger partial charge in [-0.2, -0.15) is 0 Å². The number of ether oxygens (including phenoxy) is 1. The highest BCUT2D eigenvalue weighted by molar-refractivity contribution is 5.19. The van der Waals surface area contributed by atoms with Crippen molar-refractivity contribution in [1.82, 2.24) is 0 Å². The molecule has 1 nitrogen and oxygen atoms in total. The van der Waals surface area contributed by atoms with E-state index < -0.39 is 0 Å². The Balaban J connectivity index is 3.69. The van der Waals surface area contributed by atoms with Gasteiger partial charge in [-0.1, -0.05) is 36.5 Å². The van der Waals surface area contributed by atoms with Gasteiger partial charge >= 0.3 is 0 Å². The van der Waals surface area contributed by atoms with Crippen LogP contribution in [-0.2, 0) is 4.74 Å². The van der Waals surface area contributed by atoms with E-state index >= 15 is 0 Å². The van der Waals surface area contributed by atoms with Gasteiger partial charge in [-0.15, -0.1) is 0 Å². The van der Waals surface area contributed by atoms with E-state index in [1.165, 1.54) is 5.57 Å². The minimum absolute atomic E-state index is 0.674. The molecule has 0 saturated carbocycles. The van der Waals surface area contributed by atoms with E-state index in [9.17, 15) is 0 Å². The number of methoxy groups -OCH3 is 1. The van der Waals surface area contributed by atoms with Crippen molar-refractivity contribution in [1.29, 1.82) is 0 Å². The summed E-state index contributed by atoms with van der Waals surface area (Å²) in [6.07, 6.45) is 7.66. The molecule has 1 heteroatoms. The van der Waals surface area contributed by atoms with Crippen LogP contribution in [0.1, 0.15) is 6.92 Å². The molecule has 0 aromatic rings. The lowest BCUT2D eigenvalue weighted by molar-refractivity contribution is 0.233. The van der Waals surface area contributed by atoms with Crippen LogP contribution in [0.15, 0.2) is 36.5 Å². The van der Waals surface area contributed by atoms with Gasteiger partial charge in [-0.25, -0.2) is 0 Å². The Morgan fingerprint density at radius 1 is 1.60 bits per heavy atom. The van der Waals surface area contributed by atoms with Gasteiger partial charge in [0, 0.05) is 7.11 Å². The van der Waals surface area contributed by atoms with Gasteiger partial charge in [0.25, 0.3) is 0 Å². The minimum atomic E-state index is 0.674. The van der Waals surface area contributed by atoms with Gasteiger partial charge in [0.15, 0.2) is 0 Å². The van der Waals surface area contributed by atoms with Gasteiger partial charge in [-0.05, 0) is 6.92 Å². The standard InChI is InChI=1S/C9H14O/c1-4-5-6-9(2)7-8-10-3/h4-7H,1,8H2,2-3H3/b6-5-,9-7-. The summed E-state index contributed by atoms with van der Waals surface area (Å²) >= 11 is 0. The maximum atomic E-state index is 4.86. The van der Waals surface area contributed by atoms with Crippen LogP contribution in [0.5, 0.6) is 0 Å². The maximum absolute atomic E-state index is 4.86. The third kappa shape index (κ3) is 5.32. The number of hydrogen-bond donors (Lipinski definition) is 0. The van der Waals surface area contributed by atoms with Crippen LogP contribution >= 0.6 is 0 Å². The van der Waals surface area contributed by atoms with E-state index in [-0.39, 0.29) is 0 Å². The molecule has 0 bridgehead atoms. The maximum Gasteiger partial charge on any atom is 0.0649 e. The van der Waals surface area contributed by atoms with Crippen molar-refractivity contribution in [3.8, 4) is 0 Å². The highest BCUT2D eigenvalue weighted by atomic mass is 16.5. The second kappa shape index (κ2) is 6.30. The molecule has 0 aromatic carbocycles. The molecule has 0 N–H and O–H groups in total. The molecule has 0 aliphatic rings. The fourth-order valence-corrected chi connectivity index (χ4v) is 0.503. The Hall–Kier alpha value is -0.820. The van der Waals surface area contributed by atoms with E-state index in [1.54, 1.807) is 13.2 Å². The Bertz CT molecular complexity index is 143. The van der Waals surface area contributed by atoms with Crippen molar-refractivity contribution in [2.75, 3.05) is 13.7 Å². The molecule has 0 heterocycles. The van der Waals surface area contributed by atoms with Crippen molar-refractivity contribution >= 4 is 0 Å². The van der Waals surface area contributed by atoms with Crippen LogP contribution in [0, 0.1) is 0 Å². The largest absolute Gasteiger partial charge is 0.381 e. The Labute approximate surface area is 62.7 Å². The molecule has 56 valence electrons. The predicted molar refractivity (Wildman–Crippen MR) is 45.0 cm³/mol. The second-order valence-corrected chi connectivity index (χ2v) is 2.00. The Morgan fingerprint density at radius 2 is 2.30 bits per heavy atom. The topological polar surface area (TPSA) is 9.23 Å². The molecular formula is C9H14O. The van der Waals surface area contributed by atoms with E-state index in [1.807, 2.05) is 25.2 Å². The first-order chi connectivity index (χ1) is 4.81. The second-order valence-electron chi connectivity index (χ2n) is 2.00. The third-order valence-corrected chi connectivity index (χ3v) is 1.07. The lowest BCUT2D eigenvalue weighted by Gasteiger charge is -1.90. The predicted octanol–water partition coefficient (Wildman–Crippen LogP) is 2.32. The highest BCUT2D eigenvalue weighted by Crippen LogP contribution is 1.93. The van der Waals surface area contributed by atoms with Crippen LogP contribution in [0.4, 0.5) is 0 Å². The van der Waals surface area contributed by atoms with Crippen LogP contribution in [-0.4, -0.2) is 13.7 Å². The average Bonchev–Trinajstić information content (AvgIpc) is 1.97. The fourth-order valence-electron chi connectivity index (χ4n) is 0.503. The van der Waals surface area contributed by atoms with Crippen LogP contribution < -0.4 is 0 Å². The van der Waals surface area contributed by atoms with Gasteiger partial charge < -0.3 is 4.74 Å². The third-order valence-electron chi connectivity index (χ3n) is 1.07. The van der Waals surface area contributed by atoms with Crippen LogP contribution in [0.2, 0.25) is 0 Å². The SMILES string of the molecule is C=C/C=C\C(C)=C/COC. The molecule has 0 aromatic heterocycles. The monoisotopic (exact) mass is 138 g/mol. The van der Waals surface area contributed by atoms with Gasteiger partial charge in [0.05, 0.1) is 6.61 Å². The summed E-state index contributed by atoms with van der Waals surface area (Å²) in [5, 5.41) is 0. The van der Waals surface area contributed by atoms with Crippen molar-refractivity contribution in [3.05, 3.63) is 36.5 Å². The molecule has 0 radical (unpaired) electrons. The zero-order chi connectivity index (χ0) is 7.82. The average molecular weight is 138 g/mol. The molecule has 0 fully saturated rings. The summed E-state index contributed by atoms with van der Waals surface area (Å²) in [6, 6.07) is 0. The van der Waals surface area contributed by atoms with E-state index in [0.717, 1.165) is 0 Å². The van der Waals surface area contributed by atoms with E-state index in [4.69, 9.17) is 4.74 Å². The summed E-state index contributed by atoms with van der Waals surface area (Å²) in [5.41, 5.74) is 1.20. The van der Waals surface area contributed by atoms with Crippen molar-refractivity contribution in [2.24, 2.45) is 0 Å². The smallest absolute Gasteiger partial charge is 0.0649 e.